The minimum Gasteiger partial charge on any atom is -0.323 e. The molecule has 0 aliphatic heterocycles. The lowest BCUT2D eigenvalue weighted by Crippen LogP contribution is -2.28. The molecule has 0 aromatic heterocycles. The van der Waals surface area contributed by atoms with Crippen molar-refractivity contribution in [1.29, 1.82) is 0 Å². The quantitative estimate of drug-likeness (QED) is 0.910. The molecule has 1 aliphatic rings. The summed E-state index contributed by atoms with van der Waals surface area (Å²) in [7, 11) is 0. The summed E-state index contributed by atoms with van der Waals surface area (Å²) >= 11 is 0. The molecule has 108 valence electrons. The van der Waals surface area contributed by atoms with Gasteiger partial charge in [0.1, 0.15) is 11.6 Å². The number of rotatable bonds is 3. The van der Waals surface area contributed by atoms with Gasteiger partial charge in [0, 0.05) is 0 Å². The minimum atomic E-state index is -0.648. The van der Waals surface area contributed by atoms with Crippen LogP contribution in [0.2, 0.25) is 0 Å². The lowest BCUT2D eigenvalue weighted by atomic mass is 9.95. The second-order valence-electron chi connectivity index (χ2n) is 5.53. The summed E-state index contributed by atoms with van der Waals surface area (Å²) in [4.78, 5) is 12.4. The average Bonchev–Trinajstić information content (AvgIpc) is 3.24. The molecular formula is C17H15F2NO. The van der Waals surface area contributed by atoms with E-state index in [1.54, 1.807) is 31.2 Å². The maximum atomic E-state index is 13.8. The van der Waals surface area contributed by atoms with Gasteiger partial charge in [0.05, 0.1) is 11.1 Å². The molecule has 0 spiro atoms. The first kappa shape index (κ1) is 13.7. The van der Waals surface area contributed by atoms with Crippen LogP contribution in [0.25, 0.3) is 0 Å². The average molecular weight is 287 g/mol. The molecule has 1 saturated carbocycles. The Labute approximate surface area is 121 Å². The summed E-state index contributed by atoms with van der Waals surface area (Å²) in [5, 5.41) is 2.65. The fourth-order valence-electron chi connectivity index (χ4n) is 2.50. The van der Waals surface area contributed by atoms with Crippen molar-refractivity contribution in [3.8, 4) is 0 Å². The number of hydrogen-bond acceptors (Lipinski definition) is 1. The molecule has 0 saturated heterocycles. The summed E-state index contributed by atoms with van der Waals surface area (Å²) in [5.41, 5.74) is 1.10. The van der Waals surface area contributed by atoms with E-state index in [1.165, 1.54) is 18.2 Å². The Bertz CT molecular complexity index is 690. The third-order valence-electron chi connectivity index (χ3n) is 3.95. The Morgan fingerprint density at radius 2 is 1.76 bits per heavy atom. The molecule has 2 aromatic carbocycles. The fourth-order valence-corrected chi connectivity index (χ4v) is 2.50. The van der Waals surface area contributed by atoms with Crippen LogP contribution in [0.15, 0.2) is 42.5 Å². The second-order valence-corrected chi connectivity index (χ2v) is 5.53. The number of amides is 1. The molecular weight excluding hydrogens is 272 g/mol. The van der Waals surface area contributed by atoms with Crippen LogP contribution in [0.5, 0.6) is 0 Å². The van der Waals surface area contributed by atoms with E-state index in [4.69, 9.17) is 0 Å². The van der Waals surface area contributed by atoms with Gasteiger partial charge in [-0.3, -0.25) is 4.79 Å². The topological polar surface area (TPSA) is 29.1 Å². The van der Waals surface area contributed by atoms with Crippen molar-refractivity contribution >= 4 is 11.6 Å². The summed E-state index contributed by atoms with van der Waals surface area (Å²) in [6, 6.07) is 10.6. The normalized spacial score (nSPS) is 15.6. The van der Waals surface area contributed by atoms with Gasteiger partial charge in [0.25, 0.3) is 0 Å². The summed E-state index contributed by atoms with van der Waals surface area (Å²) < 4.78 is 26.8. The molecule has 21 heavy (non-hydrogen) atoms. The number of benzene rings is 2. The molecule has 1 fully saturated rings. The summed E-state index contributed by atoms with van der Waals surface area (Å²) in [6.07, 6.45) is 1.38. The number of nitrogens with one attached hydrogen (secondary N) is 1. The Hall–Kier alpha value is -2.23. The zero-order chi connectivity index (χ0) is 15.0. The van der Waals surface area contributed by atoms with Crippen LogP contribution in [0.4, 0.5) is 14.5 Å². The van der Waals surface area contributed by atoms with Crippen molar-refractivity contribution in [1.82, 2.24) is 0 Å². The van der Waals surface area contributed by atoms with Gasteiger partial charge in [-0.2, -0.15) is 0 Å². The van der Waals surface area contributed by atoms with Gasteiger partial charge in [-0.25, -0.2) is 8.78 Å². The van der Waals surface area contributed by atoms with E-state index >= 15 is 0 Å². The predicted octanol–water partition coefficient (Wildman–Crippen LogP) is 3.94. The maximum Gasteiger partial charge on any atom is 0.235 e. The first-order chi connectivity index (χ1) is 10.0. The fraction of sp³-hybridized carbons (Fsp3) is 0.235. The van der Waals surface area contributed by atoms with Crippen LogP contribution in [0, 0.1) is 18.6 Å². The molecule has 2 aromatic rings. The first-order valence-corrected chi connectivity index (χ1v) is 6.85. The second kappa shape index (κ2) is 4.95. The molecule has 4 heteroatoms. The van der Waals surface area contributed by atoms with E-state index in [1.807, 2.05) is 0 Å². The lowest BCUT2D eigenvalue weighted by molar-refractivity contribution is -0.118. The number of anilines is 1. The van der Waals surface area contributed by atoms with Crippen LogP contribution < -0.4 is 5.32 Å². The number of hydrogen-bond donors (Lipinski definition) is 1. The molecule has 2 nitrogen and oxygen atoms in total. The molecule has 3 rings (SSSR count). The van der Waals surface area contributed by atoms with Gasteiger partial charge in [-0.05, 0) is 55.2 Å². The Kier molecular flexibility index (Phi) is 3.24. The van der Waals surface area contributed by atoms with Crippen LogP contribution in [0.1, 0.15) is 24.0 Å². The molecule has 1 amide bonds. The largest absolute Gasteiger partial charge is 0.323 e. The van der Waals surface area contributed by atoms with Crippen molar-refractivity contribution in [3.05, 3.63) is 65.2 Å². The predicted molar refractivity (Wildman–Crippen MR) is 77.1 cm³/mol. The highest BCUT2D eigenvalue weighted by atomic mass is 19.1. The highest BCUT2D eigenvalue weighted by Gasteiger charge is 2.51. The van der Waals surface area contributed by atoms with E-state index in [-0.39, 0.29) is 17.4 Å². The van der Waals surface area contributed by atoms with Crippen LogP contribution in [-0.4, -0.2) is 5.91 Å². The maximum absolute atomic E-state index is 13.8. The zero-order valence-electron chi connectivity index (χ0n) is 11.6. The standard InChI is InChI=1S/C17H15F2NO/c1-11-2-7-15(14(19)10-11)20-16(21)17(8-9-17)12-3-5-13(18)6-4-12/h2-7,10H,8-9H2,1H3,(H,20,21). The molecule has 0 radical (unpaired) electrons. The number of aryl methyl sites for hydroxylation is 1. The minimum absolute atomic E-state index is 0.180. The van der Waals surface area contributed by atoms with Crippen molar-refractivity contribution < 1.29 is 13.6 Å². The molecule has 0 atom stereocenters. The Morgan fingerprint density at radius 3 is 2.33 bits per heavy atom. The van der Waals surface area contributed by atoms with Crippen molar-refractivity contribution in [3.63, 3.8) is 0 Å². The van der Waals surface area contributed by atoms with Gasteiger partial charge in [-0.15, -0.1) is 0 Å². The van der Waals surface area contributed by atoms with Gasteiger partial charge < -0.3 is 5.32 Å². The molecule has 0 bridgehead atoms. The van der Waals surface area contributed by atoms with Crippen molar-refractivity contribution in [2.24, 2.45) is 0 Å². The van der Waals surface area contributed by atoms with Crippen LogP contribution in [-0.2, 0) is 10.2 Å². The van der Waals surface area contributed by atoms with Crippen LogP contribution in [0.3, 0.4) is 0 Å². The van der Waals surface area contributed by atoms with E-state index in [9.17, 15) is 13.6 Å². The van der Waals surface area contributed by atoms with E-state index in [0.29, 0.717) is 12.8 Å². The van der Waals surface area contributed by atoms with E-state index < -0.39 is 11.2 Å². The van der Waals surface area contributed by atoms with E-state index in [2.05, 4.69) is 5.32 Å². The summed E-state index contributed by atoms with van der Waals surface area (Å²) in [5.74, 6) is -1.02. The Balaban J connectivity index is 1.83. The van der Waals surface area contributed by atoms with E-state index in [0.717, 1.165) is 11.1 Å². The van der Waals surface area contributed by atoms with Gasteiger partial charge in [0.15, 0.2) is 0 Å². The zero-order valence-corrected chi connectivity index (χ0v) is 11.6. The number of halogens is 2. The van der Waals surface area contributed by atoms with Crippen molar-refractivity contribution in [2.75, 3.05) is 5.32 Å². The molecule has 0 heterocycles. The van der Waals surface area contributed by atoms with Crippen LogP contribution >= 0.6 is 0 Å². The SMILES string of the molecule is Cc1ccc(NC(=O)C2(c3ccc(F)cc3)CC2)c(F)c1. The first-order valence-electron chi connectivity index (χ1n) is 6.85. The summed E-state index contributed by atoms with van der Waals surface area (Å²) in [6.45, 7) is 1.79. The smallest absolute Gasteiger partial charge is 0.235 e. The van der Waals surface area contributed by atoms with Gasteiger partial charge in [0.2, 0.25) is 5.91 Å². The Morgan fingerprint density at radius 1 is 1.10 bits per heavy atom. The molecule has 0 unspecified atom stereocenters. The highest BCUT2D eigenvalue weighted by Crippen LogP contribution is 2.49. The number of carbonyl (C=O) groups is 1. The van der Waals surface area contributed by atoms with Crippen molar-refractivity contribution in [2.45, 2.75) is 25.2 Å². The number of carbonyl (C=O) groups excluding carboxylic acids is 1. The lowest BCUT2D eigenvalue weighted by Gasteiger charge is -2.16. The third-order valence-corrected chi connectivity index (χ3v) is 3.95. The third kappa shape index (κ3) is 2.53. The molecule has 1 N–H and O–H groups in total. The molecule has 1 aliphatic carbocycles. The van der Waals surface area contributed by atoms with Gasteiger partial charge in [-0.1, -0.05) is 18.2 Å². The highest BCUT2D eigenvalue weighted by molar-refractivity contribution is 6.01. The monoisotopic (exact) mass is 287 g/mol. The van der Waals surface area contributed by atoms with Gasteiger partial charge >= 0.3 is 0 Å².